The number of nitrogens with zero attached hydrogens (tertiary/aromatic N) is 6. The van der Waals surface area contributed by atoms with Gasteiger partial charge in [0.25, 0.3) is 0 Å². The third-order valence-corrected chi connectivity index (χ3v) is 9.79. The molecule has 2 fully saturated rings. The van der Waals surface area contributed by atoms with Crippen molar-refractivity contribution in [1.29, 1.82) is 0 Å². The van der Waals surface area contributed by atoms with E-state index in [1.807, 2.05) is 24.3 Å². The summed E-state index contributed by atoms with van der Waals surface area (Å²) in [5.74, 6) is 0.361. The SMILES string of the molecule is CCOS(=O)(=O)n1cc(-c2nc(Nc3ccc(N4CCC(N5CCN(C)CC5)CC4)cc3)ncc2Cl)c2ccccc21. The summed E-state index contributed by atoms with van der Waals surface area (Å²) >= 11 is 6.54. The van der Waals surface area contributed by atoms with Crippen LogP contribution in [0.1, 0.15) is 19.8 Å². The van der Waals surface area contributed by atoms with E-state index in [0.717, 1.165) is 35.8 Å². The molecule has 0 bridgehead atoms. The molecular weight excluding hydrogens is 574 g/mol. The Morgan fingerprint density at radius 3 is 2.43 bits per heavy atom. The molecule has 12 heteroatoms. The first kappa shape index (κ1) is 28.9. The van der Waals surface area contributed by atoms with Gasteiger partial charge in [0.15, 0.2) is 0 Å². The Labute approximate surface area is 252 Å². The molecule has 0 amide bonds. The highest BCUT2D eigenvalue weighted by Crippen LogP contribution is 2.35. The molecule has 2 saturated heterocycles. The van der Waals surface area contributed by atoms with Crippen LogP contribution in [0.2, 0.25) is 5.02 Å². The minimum Gasteiger partial charge on any atom is -0.371 e. The molecule has 6 rings (SSSR count). The van der Waals surface area contributed by atoms with Gasteiger partial charge in [-0.1, -0.05) is 29.8 Å². The van der Waals surface area contributed by atoms with Crippen molar-refractivity contribution in [3.63, 3.8) is 0 Å². The summed E-state index contributed by atoms with van der Waals surface area (Å²) in [7, 11) is -1.81. The van der Waals surface area contributed by atoms with Crippen LogP contribution in [0.3, 0.4) is 0 Å². The van der Waals surface area contributed by atoms with Crippen molar-refractivity contribution in [2.45, 2.75) is 25.8 Å². The highest BCUT2D eigenvalue weighted by molar-refractivity contribution is 7.85. The molecular formula is C30H36ClN7O3S. The van der Waals surface area contributed by atoms with Crippen LogP contribution in [-0.4, -0.2) is 91.1 Å². The molecule has 4 aromatic rings. The number of piperazine rings is 1. The fourth-order valence-electron chi connectivity index (χ4n) is 5.91. The van der Waals surface area contributed by atoms with Gasteiger partial charge in [-0.25, -0.2) is 13.9 Å². The third-order valence-electron chi connectivity index (χ3n) is 8.19. The predicted molar refractivity (Wildman–Crippen MR) is 168 cm³/mol. The zero-order chi connectivity index (χ0) is 29.3. The predicted octanol–water partition coefficient (Wildman–Crippen LogP) is 4.84. The normalized spacial score (nSPS) is 17.6. The van der Waals surface area contributed by atoms with Crippen molar-refractivity contribution in [2.75, 3.05) is 63.1 Å². The molecule has 0 spiro atoms. The molecule has 0 aliphatic carbocycles. The zero-order valence-corrected chi connectivity index (χ0v) is 25.5. The van der Waals surface area contributed by atoms with Crippen molar-refractivity contribution in [3.8, 4) is 11.3 Å². The zero-order valence-electron chi connectivity index (χ0n) is 23.9. The van der Waals surface area contributed by atoms with Crippen LogP contribution in [0.15, 0.2) is 60.9 Å². The summed E-state index contributed by atoms with van der Waals surface area (Å²) < 4.78 is 31.7. The Bertz CT molecular complexity index is 1650. The van der Waals surface area contributed by atoms with E-state index in [2.05, 4.69) is 49.2 Å². The van der Waals surface area contributed by atoms with Crippen molar-refractivity contribution in [2.24, 2.45) is 0 Å². The van der Waals surface area contributed by atoms with E-state index >= 15 is 0 Å². The topological polar surface area (TPSA) is 95.8 Å². The average molecular weight is 610 g/mol. The number of rotatable bonds is 8. The largest absolute Gasteiger partial charge is 0.371 e. The van der Waals surface area contributed by atoms with Crippen molar-refractivity contribution in [1.82, 2.24) is 23.7 Å². The minimum absolute atomic E-state index is 0.0280. The van der Waals surface area contributed by atoms with Crippen LogP contribution in [-0.2, 0) is 14.5 Å². The number of halogens is 1. The van der Waals surface area contributed by atoms with Crippen molar-refractivity contribution in [3.05, 3.63) is 65.9 Å². The van der Waals surface area contributed by atoms with Crippen LogP contribution < -0.4 is 10.2 Å². The maximum absolute atomic E-state index is 12.8. The molecule has 2 aromatic heterocycles. The summed E-state index contributed by atoms with van der Waals surface area (Å²) in [5, 5.41) is 4.27. The molecule has 0 atom stereocenters. The van der Waals surface area contributed by atoms with Crippen molar-refractivity contribution < 1.29 is 12.6 Å². The second-order valence-corrected chi connectivity index (χ2v) is 12.7. The lowest BCUT2D eigenvalue weighted by Crippen LogP contribution is -2.52. The van der Waals surface area contributed by atoms with E-state index in [-0.39, 0.29) is 6.61 Å². The van der Waals surface area contributed by atoms with Gasteiger partial charge in [-0.15, -0.1) is 0 Å². The Balaban J connectivity index is 1.17. The monoisotopic (exact) mass is 609 g/mol. The number of nitrogens with one attached hydrogen (secondary N) is 1. The first-order valence-electron chi connectivity index (χ1n) is 14.4. The fraction of sp³-hybridized carbons (Fsp3) is 0.400. The second kappa shape index (κ2) is 12.2. The molecule has 4 heterocycles. The number of fused-ring (bicyclic) bond motifs is 1. The van der Waals surface area contributed by atoms with Gasteiger partial charge < -0.3 is 15.1 Å². The number of likely N-dealkylation sites (N-methyl/N-ethyl adjacent to an activating group) is 1. The lowest BCUT2D eigenvalue weighted by Gasteiger charge is -2.42. The van der Waals surface area contributed by atoms with Gasteiger partial charge in [-0.2, -0.15) is 8.42 Å². The quantitative estimate of drug-likeness (QED) is 0.301. The molecule has 2 aromatic carbocycles. The Morgan fingerprint density at radius 2 is 1.71 bits per heavy atom. The lowest BCUT2D eigenvalue weighted by atomic mass is 10.0. The van der Waals surface area contributed by atoms with Crippen LogP contribution in [0.5, 0.6) is 0 Å². The van der Waals surface area contributed by atoms with Gasteiger partial charge >= 0.3 is 10.3 Å². The summed E-state index contributed by atoms with van der Waals surface area (Å²) in [6, 6.07) is 16.2. The van der Waals surface area contributed by atoms with E-state index in [1.54, 1.807) is 19.1 Å². The summed E-state index contributed by atoms with van der Waals surface area (Å²) in [4.78, 5) is 16.6. The van der Waals surface area contributed by atoms with Gasteiger partial charge in [0.1, 0.15) is 0 Å². The molecule has 2 aliphatic heterocycles. The lowest BCUT2D eigenvalue weighted by molar-refractivity contribution is 0.0982. The average Bonchev–Trinajstić information content (AvgIpc) is 3.40. The van der Waals surface area contributed by atoms with Gasteiger partial charge in [-0.05, 0) is 57.1 Å². The molecule has 42 heavy (non-hydrogen) atoms. The summed E-state index contributed by atoms with van der Waals surface area (Å²) in [6.07, 6.45) is 5.39. The summed E-state index contributed by atoms with van der Waals surface area (Å²) in [6.45, 7) is 8.43. The number of hydrogen-bond acceptors (Lipinski definition) is 9. The Kier molecular flexibility index (Phi) is 8.37. The molecule has 1 N–H and O–H groups in total. The van der Waals surface area contributed by atoms with Gasteiger partial charge in [0.2, 0.25) is 5.95 Å². The van der Waals surface area contributed by atoms with Crippen LogP contribution in [0.25, 0.3) is 22.2 Å². The smallest absolute Gasteiger partial charge is 0.366 e. The number of benzene rings is 2. The van der Waals surface area contributed by atoms with Gasteiger partial charge in [-0.3, -0.25) is 9.08 Å². The first-order chi connectivity index (χ1) is 20.3. The van der Waals surface area contributed by atoms with Gasteiger partial charge in [0, 0.05) is 73.8 Å². The molecule has 222 valence electrons. The Hall–Kier alpha value is -3.22. The van der Waals surface area contributed by atoms with E-state index in [0.29, 0.717) is 39.2 Å². The summed E-state index contributed by atoms with van der Waals surface area (Å²) in [5.41, 5.74) is 3.53. The molecule has 0 unspecified atom stereocenters. The van der Waals surface area contributed by atoms with Crippen LogP contribution >= 0.6 is 11.6 Å². The number of anilines is 3. The highest BCUT2D eigenvalue weighted by Gasteiger charge is 2.27. The number of aromatic nitrogens is 3. The van der Waals surface area contributed by atoms with Crippen LogP contribution in [0, 0.1) is 0 Å². The van der Waals surface area contributed by atoms with E-state index in [1.165, 1.54) is 44.0 Å². The van der Waals surface area contributed by atoms with Crippen molar-refractivity contribution >= 4 is 50.1 Å². The van der Waals surface area contributed by atoms with E-state index in [4.69, 9.17) is 15.8 Å². The van der Waals surface area contributed by atoms with E-state index in [9.17, 15) is 8.42 Å². The standard InChI is InChI=1S/C30H36ClN7O3S/c1-3-41-42(39,40)38-21-26(25-6-4-5-7-28(25)38)29-27(31)20-32-30(34-29)33-22-8-10-23(11-9-22)36-14-12-24(13-15-36)37-18-16-35(2)17-19-37/h4-11,20-21,24H,3,12-19H2,1-2H3,(H,32,33,34). The number of hydrogen-bond donors (Lipinski definition) is 1. The minimum atomic E-state index is -4.01. The van der Waals surface area contributed by atoms with Crippen LogP contribution in [0.4, 0.5) is 17.3 Å². The first-order valence-corrected chi connectivity index (χ1v) is 16.1. The Morgan fingerprint density at radius 1 is 1.00 bits per heavy atom. The maximum atomic E-state index is 12.8. The molecule has 10 nitrogen and oxygen atoms in total. The van der Waals surface area contributed by atoms with E-state index < -0.39 is 10.3 Å². The second-order valence-electron chi connectivity index (χ2n) is 10.8. The maximum Gasteiger partial charge on any atom is 0.366 e. The number of piperidine rings is 1. The highest BCUT2D eigenvalue weighted by atomic mass is 35.5. The fourth-order valence-corrected chi connectivity index (χ4v) is 7.15. The molecule has 2 aliphatic rings. The molecule has 0 saturated carbocycles. The molecule has 0 radical (unpaired) electrons. The third kappa shape index (κ3) is 5.97. The number of para-hydroxylation sites is 1. The van der Waals surface area contributed by atoms with Gasteiger partial charge in [0.05, 0.1) is 29.0 Å².